The second-order valence-electron chi connectivity index (χ2n) is 3.72. The van der Waals surface area contributed by atoms with Crippen molar-refractivity contribution in [3.63, 3.8) is 0 Å². The van der Waals surface area contributed by atoms with Crippen molar-refractivity contribution in [2.75, 3.05) is 27.2 Å². The van der Waals surface area contributed by atoms with E-state index in [4.69, 9.17) is 5.11 Å². The molecular formula is C10H22N2O2. The predicted octanol–water partition coefficient (Wildman–Crippen LogP) is 0.781. The van der Waals surface area contributed by atoms with E-state index in [0.717, 1.165) is 25.9 Å². The Morgan fingerprint density at radius 2 is 2.21 bits per heavy atom. The summed E-state index contributed by atoms with van der Waals surface area (Å²) in [6.07, 6.45) is 2.09. The highest BCUT2D eigenvalue weighted by Crippen LogP contribution is 2.04. The SMILES string of the molecule is CNCCCN(C)C(C)CCC(=O)O. The Balaban J connectivity index is 3.53. The summed E-state index contributed by atoms with van der Waals surface area (Å²) in [6, 6.07) is 0.350. The summed E-state index contributed by atoms with van der Waals surface area (Å²) in [4.78, 5) is 12.6. The van der Waals surface area contributed by atoms with Gasteiger partial charge in [-0.2, -0.15) is 0 Å². The summed E-state index contributed by atoms with van der Waals surface area (Å²) in [7, 11) is 3.98. The first-order valence-corrected chi connectivity index (χ1v) is 5.14. The lowest BCUT2D eigenvalue weighted by molar-refractivity contribution is -0.137. The van der Waals surface area contributed by atoms with E-state index in [9.17, 15) is 4.79 Å². The van der Waals surface area contributed by atoms with Crippen molar-refractivity contribution in [3.05, 3.63) is 0 Å². The minimum absolute atomic E-state index is 0.261. The minimum Gasteiger partial charge on any atom is -0.481 e. The van der Waals surface area contributed by atoms with E-state index in [1.165, 1.54) is 0 Å². The van der Waals surface area contributed by atoms with Gasteiger partial charge in [0.05, 0.1) is 0 Å². The van der Waals surface area contributed by atoms with Gasteiger partial charge in [0, 0.05) is 12.5 Å². The van der Waals surface area contributed by atoms with Gasteiger partial charge in [-0.15, -0.1) is 0 Å². The molecule has 4 nitrogen and oxygen atoms in total. The summed E-state index contributed by atoms with van der Waals surface area (Å²) in [5.74, 6) is -0.708. The number of hydrogen-bond acceptors (Lipinski definition) is 3. The molecule has 0 rings (SSSR count). The second kappa shape index (κ2) is 7.76. The van der Waals surface area contributed by atoms with Gasteiger partial charge in [-0.25, -0.2) is 0 Å². The summed E-state index contributed by atoms with van der Waals surface area (Å²) in [6.45, 7) is 4.10. The molecule has 0 aromatic heterocycles. The van der Waals surface area contributed by atoms with Crippen molar-refractivity contribution < 1.29 is 9.90 Å². The van der Waals surface area contributed by atoms with E-state index < -0.39 is 5.97 Å². The molecule has 0 spiro atoms. The van der Waals surface area contributed by atoms with E-state index >= 15 is 0 Å². The highest BCUT2D eigenvalue weighted by molar-refractivity contribution is 5.66. The topological polar surface area (TPSA) is 52.6 Å². The average Bonchev–Trinajstić information content (AvgIpc) is 2.14. The molecule has 0 bridgehead atoms. The Hall–Kier alpha value is -0.610. The van der Waals surface area contributed by atoms with Gasteiger partial charge < -0.3 is 15.3 Å². The molecule has 0 radical (unpaired) electrons. The molecule has 0 aromatic rings. The Morgan fingerprint density at radius 1 is 1.57 bits per heavy atom. The average molecular weight is 202 g/mol. The Morgan fingerprint density at radius 3 is 2.71 bits per heavy atom. The third-order valence-electron chi connectivity index (χ3n) is 2.47. The number of aliphatic carboxylic acids is 1. The zero-order valence-electron chi connectivity index (χ0n) is 9.42. The molecule has 4 heteroatoms. The first-order chi connectivity index (χ1) is 6.57. The highest BCUT2D eigenvalue weighted by Gasteiger charge is 2.09. The fourth-order valence-electron chi connectivity index (χ4n) is 1.28. The molecule has 0 saturated carbocycles. The van der Waals surface area contributed by atoms with E-state index in [0.29, 0.717) is 6.04 Å². The number of nitrogens with one attached hydrogen (secondary N) is 1. The molecule has 0 aliphatic carbocycles. The van der Waals surface area contributed by atoms with Gasteiger partial charge in [0.2, 0.25) is 0 Å². The van der Waals surface area contributed by atoms with Crippen LogP contribution in [0, 0.1) is 0 Å². The maximum Gasteiger partial charge on any atom is 0.303 e. The van der Waals surface area contributed by atoms with Crippen LogP contribution in [0.2, 0.25) is 0 Å². The molecular weight excluding hydrogens is 180 g/mol. The lowest BCUT2D eigenvalue weighted by Gasteiger charge is -2.23. The summed E-state index contributed by atoms with van der Waals surface area (Å²) < 4.78 is 0. The zero-order valence-corrected chi connectivity index (χ0v) is 9.42. The fourth-order valence-corrected chi connectivity index (χ4v) is 1.28. The largest absolute Gasteiger partial charge is 0.481 e. The van der Waals surface area contributed by atoms with E-state index in [1.807, 2.05) is 14.1 Å². The van der Waals surface area contributed by atoms with Crippen LogP contribution >= 0.6 is 0 Å². The number of carboxylic acid groups (broad SMARTS) is 1. The number of rotatable bonds is 8. The molecule has 84 valence electrons. The number of nitrogens with zero attached hydrogens (tertiary/aromatic N) is 1. The quantitative estimate of drug-likeness (QED) is 0.571. The molecule has 0 heterocycles. The van der Waals surface area contributed by atoms with Crippen LogP contribution in [0.1, 0.15) is 26.2 Å². The lowest BCUT2D eigenvalue weighted by Crippen LogP contribution is -2.31. The fraction of sp³-hybridized carbons (Fsp3) is 0.900. The first kappa shape index (κ1) is 13.4. The number of carboxylic acids is 1. The van der Waals surface area contributed by atoms with Crippen molar-refractivity contribution in [3.8, 4) is 0 Å². The Labute approximate surface area is 86.3 Å². The van der Waals surface area contributed by atoms with Crippen molar-refractivity contribution in [2.45, 2.75) is 32.2 Å². The molecule has 0 saturated heterocycles. The third kappa shape index (κ3) is 6.86. The van der Waals surface area contributed by atoms with Crippen molar-refractivity contribution >= 4 is 5.97 Å². The van der Waals surface area contributed by atoms with Crippen LogP contribution in [0.25, 0.3) is 0 Å². The molecule has 0 amide bonds. The normalized spacial score (nSPS) is 13.1. The van der Waals surface area contributed by atoms with Gasteiger partial charge in [-0.1, -0.05) is 0 Å². The van der Waals surface area contributed by atoms with Crippen LogP contribution in [-0.4, -0.2) is 49.2 Å². The minimum atomic E-state index is -0.708. The molecule has 1 atom stereocenters. The molecule has 2 N–H and O–H groups in total. The van der Waals surface area contributed by atoms with Gasteiger partial charge in [0.1, 0.15) is 0 Å². The van der Waals surface area contributed by atoms with Gasteiger partial charge in [0.25, 0.3) is 0 Å². The van der Waals surface area contributed by atoms with Crippen LogP contribution in [0.4, 0.5) is 0 Å². The standard InChI is InChI=1S/C10H22N2O2/c1-9(5-6-10(13)14)12(3)8-4-7-11-2/h9,11H,4-8H2,1-3H3,(H,13,14). The predicted molar refractivity (Wildman–Crippen MR) is 57.5 cm³/mol. The maximum absolute atomic E-state index is 10.4. The smallest absolute Gasteiger partial charge is 0.303 e. The summed E-state index contributed by atoms with van der Waals surface area (Å²) in [5, 5.41) is 11.6. The molecule has 0 aromatic carbocycles. The Bertz CT molecular complexity index is 162. The van der Waals surface area contributed by atoms with Crippen molar-refractivity contribution in [2.24, 2.45) is 0 Å². The Kier molecular flexibility index (Phi) is 7.42. The maximum atomic E-state index is 10.4. The molecule has 0 aliphatic heterocycles. The zero-order chi connectivity index (χ0) is 11.0. The van der Waals surface area contributed by atoms with Crippen LogP contribution in [0.5, 0.6) is 0 Å². The second-order valence-corrected chi connectivity index (χ2v) is 3.72. The van der Waals surface area contributed by atoms with Crippen molar-refractivity contribution in [1.82, 2.24) is 10.2 Å². The van der Waals surface area contributed by atoms with E-state index in [1.54, 1.807) is 0 Å². The van der Waals surface area contributed by atoms with Crippen LogP contribution < -0.4 is 5.32 Å². The van der Waals surface area contributed by atoms with Crippen LogP contribution in [0.3, 0.4) is 0 Å². The lowest BCUT2D eigenvalue weighted by atomic mass is 10.1. The molecule has 0 fully saturated rings. The monoisotopic (exact) mass is 202 g/mol. The molecule has 0 aliphatic rings. The first-order valence-electron chi connectivity index (χ1n) is 5.14. The molecule has 1 unspecified atom stereocenters. The van der Waals surface area contributed by atoms with E-state index in [-0.39, 0.29) is 6.42 Å². The third-order valence-corrected chi connectivity index (χ3v) is 2.47. The number of carbonyl (C=O) groups is 1. The van der Waals surface area contributed by atoms with Gasteiger partial charge >= 0.3 is 5.97 Å². The highest BCUT2D eigenvalue weighted by atomic mass is 16.4. The van der Waals surface area contributed by atoms with Crippen LogP contribution in [0.15, 0.2) is 0 Å². The van der Waals surface area contributed by atoms with Gasteiger partial charge in [-0.05, 0) is 47.0 Å². The van der Waals surface area contributed by atoms with Crippen molar-refractivity contribution in [1.29, 1.82) is 0 Å². The molecule has 14 heavy (non-hydrogen) atoms. The summed E-state index contributed by atoms with van der Waals surface area (Å²) in [5.41, 5.74) is 0. The van der Waals surface area contributed by atoms with Crippen LogP contribution in [-0.2, 0) is 4.79 Å². The van der Waals surface area contributed by atoms with Gasteiger partial charge in [0.15, 0.2) is 0 Å². The van der Waals surface area contributed by atoms with Gasteiger partial charge in [-0.3, -0.25) is 4.79 Å². The number of hydrogen-bond donors (Lipinski definition) is 2. The van der Waals surface area contributed by atoms with E-state index in [2.05, 4.69) is 17.1 Å². The summed E-state index contributed by atoms with van der Waals surface area (Å²) >= 11 is 0.